The zero-order chi connectivity index (χ0) is 18.9. The molecule has 0 radical (unpaired) electrons. The van der Waals surface area contributed by atoms with Gasteiger partial charge in [-0.2, -0.15) is 4.98 Å². The van der Waals surface area contributed by atoms with E-state index in [-0.39, 0.29) is 6.79 Å². The van der Waals surface area contributed by atoms with Crippen LogP contribution in [-0.2, 0) is 5.75 Å². The van der Waals surface area contributed by atoms with E-state index in [9.17, 15) is 0 Å². The van der Waals surface area contributed by atoms with Crippen LogP contribution in [0.4, 0.5) is 0 Å². The van der Waals surface area contributed by atoms with Gasteiger partial charge in [0, 0.05) is 16.1 Å². The van der Waals surface area contributed by atoms with Crippen molar-refractivity contribution in [2.45, 2.75) is 11.0 Å². The second-order valence-electron chi connectivity index (χ2n) is 5.75. The van der Waals surface area contributed by atoms with E-state index in [0.717, 1.165) is 11.1 Å². The minimum atomic E-state index is 0.214. The Morgan fingerprint density at radius 2 is 1.79 bits per heavy atom. The predicted octanol–water partition coefficient (Wildman–Crippen LogP) is 4.46. The highest BCUT2D eigenvalue weighted by atomic mass is 35.5. The zero-order valence-corrected chi connectivity index (χ0v) is 15.7. The number of ether oxygens (including phenoxy) is 2. The van der Waals surface area contributed by atoms with Crippen LogP contribution >= 0.6 is 23.4 Å². The van der Waals surface area contributed by atoms with E-state index >= 15 is 0 Å². The van der Waals surface area contributed by atoms with Crippen molar-refractivity contribution >= 4 is 23.4 Å². The number of rotatable bonds is 5. The normalized spacial score (nSPS) is 12.5. The van der Waals surface area contributed by atoms with Gasteiger partial charge in [-0.1, -0.05) is 28.5 Å². The number of hydrogen-bond donors (Lipinski definition) is 0. The first-order valence-corrected chi connectivity index (χ1v) is 9.56. The van der Waals surface area contributed by atoms with Gasteiger partial charge in [-0.15, -0.1) is 10.2 Å². The molecular formula is C18H11ClN4O4S. The Balaban J connectivity index is 1.26. The van der Waals surface area contributed by atoms with Gasteiger partial charge in [-0.25, -0.2) is 0 Å². The van der Waals surface area contributed by atoms with Crippen molar-refractivity contribution in [3.05, 3.63) is 53.4 Å². The van der Waals surface area contributed by atoms with E-state index in [1.54, 1.807) is 18.2 Å². The minimum Gasteiger partial charge on any atom is -0.454 e. The molecule has 8 nitrogen and oxygen atoms in total. The summed E-state index contributed by atoms with van der Waals surface area (Å²) in [6, 6.07) is 12.7. The van der Waals surface area contributed by atoms with Gasteiger partial charge in [-0.05, 0) is 42.5 Å². The highest BCUT2D eigenvalue weighted by Gasteiger charge is 2.17. The summed E-state index contributed by atoms with van der Waals surface area (Å²) in [5, 5.41) is 13.1. The molecule has 140 valence electrons. The molecule has 28 heavy (non-hydrogen) atoms. The first-order valence-electron chi connectivity index (χ1n) is 8.19. The second-order valence-corrected chi connectivity index (χ2v) is 7.11. The molecule has 2 aromatic heterocycles. The SMILES string of the molecule is Clc1ccc(-c2noc(CSc3nnc(-c4ccc5c(c4)OCO5)o3)n2)cc1. The van der Waals surface area contributed by atoms with Gasteiger partial charge < -0.3 is 18.4 Å². The van der Waals surface area contributed by atoms with Crippen molar-refractivity contribution in [2.75, 3.05) is 6.79 Å². The third-order valence-electron chi connectivity index (χ3n) is 3.92. The van der Waals surface area contributed by atoms with Gasteiger partial charge in [0.15, 0.2) is 11.5 Å². The van der Waals surface area contributed by atoms with Crippen LogP contribution in [-0.4, -0.2) is 27.1 Å². The lowest BCUT2D eigenvalue weighted by Crippen LogP contribution is -1.92. The average molecular weight is 415 g/mol. The largest absolute Gasteiger partial charge is 0.454 e. The molecule has 0 aliphatic carbocycles. The van der Waals surface area contributed by atoms with Crippen LogP contribution < -0.4 is 9.47 Å². The van der Waals surface area contributed by atoms with Crippen molar-refractivity contribution in [1.29, 1.82) is 0 Å². The number of nitrogens with zero attached hydrogens (tertiary/aromatic N) is 4. The Bertz CT molecular complexity index is 1130. The number of hydrogen-bond acceptors (Lipinski definition) is 9. The lowest BCUT2D eigenvalue weighted by Gasteiger charge is -1.97. The monoisotopic (exact) mass is 414 g/mol. The quantitative estimate of drug-likeness (QED) is 0.438. The van der Waals surface area contributed by atoms with Crippen molar-refractivity contribution in [1.82, 2.24) is 20.3 Å². The number of fused-ring (bicyclic) bond motifs is 1. The maximum absolute atomic E-state index is 5.89. The molecular weight excluding hydrogens is 404 g/mol. The molecule has 0 spiro atoms. The molecule has 3 heterocycles. The van der Waals surface area contributed by atoms with Crippen LogP contribution in [0.3, 0.4) is 0 Å². The molecule has 0 amide bonds. The maximum atomic E-state index is 5.89. The maximum Gasteiger partial charge on any atom is 0.277 e. The Kier molecular flexibility index (Phi) is 4.38. The number of benzene rings is 2. The Morgan fingerprint density at radius 3 is 2.68 bits per heavy atom. The predicted molar refractivity (Wildman–Crippen MR) is 100 cm³/mol. The summed E-state index contributed by atoms with van der Waals surface area (Å²) in [7, 11) is 0. The van der Waals surface area contributed by atoms with Gasteiger partial charge in [0.2, 0.25) is 24.4 Å². The summed E-state index contributed by atoms with van der Waals surface area (Å²) >= 11 is 7.20. The fourth-order valence-electron chi connectivity index (χ4n) is 2.57. The molecule has 0 N–H and O–H groups in total. The van der Waals surface area contributed by atoms with Crippen LogP contribution in [0, 0.1) is 0 Å². The fraction of sp³-hybridized carbons (Fsp3) is 0.111. The molecule has 2 aromatic carbocycles. The number of aromatic nitrogens is 4. The van der Waals surface area contributed by atoms with E-state index in [2.05, 4.69) is 20.3 Å². The first kappa shape index (κ1) is 17.1. The molecule has 10 heteroatoms. The molecule has 0 fully saturated rings. The molecule has 1 aliphatic rings. The lowest BCUT2D eigenvalue weighted by molar-refractivity contribution is 0.174. The van der Waals surface area contributed by atoms with Crippen LogP contribution in [0.2, 0.25) is 5.02 Å². The zero-order valence-electron chi connectivity index (χ0n) is 14.2. The molecule has 1 aliphatic heterocycles. The summed E-state index contributed by atoms with van der Waals surface area (Å²) in [6.45, 7) is 0.214. The van der Waals surface area contributed by atoms with Crippen LogP contribution in [0.25, 0.3) is 22.8 Å². The van der Waals surface area contributed by atoms with E-state index in [0.29, 0.717) is 45.1 Å². The average Bonchev–Trinajstić information content (AvgIpc) is 3.46. The topological polar surface area (TPSA) is 96.3 Å². The van der Waals surface area contributed by atoms with Gasteiger partial charge in [0.25, 0.3) is 5.22 Å². The van der Waals surface area contributed by atoms with E-state index in [4.69, 9.17) is 30.0 Å². The minimum absolute atomic E-state index is 0.214. The third kappa shape index (κ3) is 3.41. The van der Waals surface area contributed by atoms with Gasteiger partial charge in [-0.3, -0.25) is 0 Å². The fourth-order valence-corrected chi connectivity index (χ4v) is 3.29. The van der Waals surface area contributed by atoms with Crippen molar-refractivity contribution < 1.29 is 18.4 Å². The van der Waals surface area contributed by atoms with E-state index in [1.165, 1.54) is 11.8 Å². The summed E-state index contributed by atoms with van der Waals surface area (Å²) in [5.74, 6) is 3.12. The number of halogens is 1. The number of thioether (sulfide) groups is 1. The molecule has 5 rings (SSSR count). The molecule has 4 aromatic rings. The highest BCUT2D eigenvalue weighted by molar-refractivity contribution is 7.98. The highest BCUT2D eigenvalue weighted by Crippen LogP contribution is 2.36. The molecule has 0 saturated carbocycles. The van der Waals surface area contributed by atoms with Gasteiger partial charge in [0.1, 0.15) is 0 Å². The Hall–Kier alpha value is -3.04. The first-order chi connectivity index (χ1) is 13.7. The molecule has 0 unspecified atom stereocenters. The molecule has 0 saturated heterocycles. The Labute approximate surface area is 167 Å². The van der Waals surface area contributed by atoms with E-state index in [1.807, 2.05) is 24.3 Å². The summed E-state index contributed by atoms with van der Waals surface area (Å²) in [4.78, 5) is 4.37. The lowest BCUT2D eigenvalue weighted by atomic mass is 10.2. The third-order valence-corrected chi connectivity index (χ3v) is 4.97. The molecule has 0 bridgehead atoms. The Morgan fingerprint density at radius 1 is 0.964 bits per heavy atom. The van der Waals surface area contributed by atoms with Gasteiger partial charge in [0.05, 0.1) is 5.75 Å². The van der Waals surface area contributed by atoms with Crippen molar-refractivity contribution in [3.8, 4) is 34.3 Å². The van der Waals surface area contributed by atoms with Crippen molar-refractivity contribution in [3.63, 3.8) is 0 Å². The van der Waals surface area contributed by atoms with Crippen LogP contribution in [0.5, 0.6) is 11.5 Å². The van der Waals surface area contributed by atoms with Gasteiger partial charge >= 0.3 is 0 Å². The molecule has 0 atom stereocenters. The summed E-state index contributed by atoms with van der Waals surface area (Å²) < 4.78 is 21.6. The van der Waals surface area contributed by atoms with Crippen LogP contribution in [0.1, 0.15) is 5.89 Å². The second kappa shape index (κ2) is 7.17. The van der Waals surface area contributed by atoms with Crippen LogP contribution in [0.15, 0.2) is 56.6 Å². The summed E-state index contributed by atoms with van der Waals surface area (Å²) in [6.07, 6.45) is 0. The smallest absolute Gasteiger partial charge is 0.277 e. The summed E-state index contributed by atoms with van der Waals surface area (Å²) in [5.41, 5.74) is 1.58. The van der Waals surface area contributed by atoms with Crippen molar-refractivity contribution in [2.24, 2.45) is 0 Å². The standard InChI is InChI=1S/C18H11ClN4O4S/c19-12-4-1-10(2-5-12)16-20-15(27-23-16)8-28-18-22-21-17(26-18)11-3-6-13-14(7-11)25-9-24-13/h1-7H,8-9H2. The van der Waals surface area contributed by atoms with E-state index < -0.39 is 0 Å².